The maximum Gasteiger partial charge on any atom is 0.255 e. The van der Waals surface area contributed by atoms with Crippen molar-refractivity contribution >= 4 is 23.2 Å². The number of rotatable bonds is 2. The number of halogens is 1. The summed E-state index contributed by atoms with van der Waals surface area (Å²) < 4.78 is 10.8. The molecule has 1 aliphatic rings. The van der Waals surface area contributed by atoms with E-state index in [9.17, 15) is 9.59 Å². The summed E-state index contributed by atoms with van der Waals surface area (Å²) in [6.45, 7) is 0.901. The van der Waals surface area contributed by atoms with Gasteiger partial charge in [0.1, 0.15) is 13.2 Å². The molecular weight excluding hydrogens is 296 g/mol. The molecule has 3 rings (SSSR count). The van der Waals surface area contributed by atoms with Crippen LogP contribution in [0.4, 0.5) is 5.69 Å². The van der Waals surface area contributed by atoms with Crippen LogP contribution in [0.2, 0.25) is 5.02 Å². The van der Waals surface area contributed by atoms with Crippen LogP contribution in [0.5, 0.6) is 11.5 Å². The van der Waals surface area contributed by atoms with Crippen molar-refractivity contribution in [3.05, 3.63) is 51.4 Å². The lowest BCUT2D eigenvalue weighted by atomic mass is 10.2. The number of aromatic nitrogens is 1. The molecule has 0 radical (unpaired) electrons. The van der Waals surface area contributed by atoms with E-state index in [1.807, 2.05) is 0 Å². The SMILES string of the molecule is O=C(Nc1cc2c(cc1Cl)OCCO2)c1cc[nH]c(=O)c1. The molecule has 21 heavy (non-hydrogen) atoms. The van der Waals surface area contributed by atoms with Crippen molar-refractivity contribution in [2.75, 3.05) is 18.5 Å². The number of amides is 1. The lowest BCUT2D eigenvalue weighted by Crippen LogP contribution is -2.18. The molecule has 0 atom stereocenters. The van der Waals surface area contributed by atoms with Crippen LogP contribution >= 0.6 is 11.6 Å². The van der Waals surface area contributed by atoms with Gasteiger partial charge in [-0.05, 0) is 6.07 Å². The first-order valence-electron chi connectivity index (χ1n) is 6.23. The summed E-state index contributed by atoms with van der Waals surface area (Å²) >= 11 is 6.11. The smallest absolute Gasteiger partial charge is 0.255 e. The molecule has 0 bridgehead atoms. The molecule has 0 unspecified atom stereocenters. The highest BCUT2D eigenvalue weighted by molar-refractivity contribution is 6.34. The molecule has 7 heteroatoms. The van der Waals surface area contributed by atoms with E-state index in [0.717, 1.165) is 0 Å². The average Bonchev–Trinajstić information content (AvgIpc) is 2.48. The highest BCUT2D eigenvalue weighted by Crippen LogP contribution is 2.38. The Kier molecular flexibility index (Phi) is 3.53. The number of pyridine rings is 1. The molecular formula is C14H11ClN2O4. The zero-order valence-corrected chi connectivity index (χ0v) is 11.6. The van der Waals surface area contributed by atoms with Gasteiger partial charge in [0.25, 0.3) is 5.91 Å². The minimum absolute atomic E-state index is 0.240. The van der Waals surface area contributed by atoms with Gasteiger partial charge in [0.15, 0.2) is 11.5 Å². The fourth-order valence-electron chi connectivity index (χ4n) is 1.94. The summed E-state index contributed by atoms with van der Waals surface area (Å²) in [6.07, 6.45) is 1.41. The topological polar surface area (TPSA) is 80.4 Å². The van der Waals surface area contributed by atoms with Gasteiger partial charge in [0.2, 0.25) is 5.56 Å². The Morgan fingerprint density at radius 2 is 1.90 bits per heavy atom. The van der Waals surface area contributed by atoms with Crippen LogP contribution in [0.3, 0.4) is 0 Å². The average molecular weight is 307 g/mol. The van der Waals surface area contributed by atoms with Crippen LogP contribution in [0, 0.1) is 0 Å². The van der Waals surface area contributed by atoms with Crippen LogP contribution in [0.1, 0.15) is 10.4 Å². The lowest BCUT2D eigenvalue weighted by Gasteiger charge is -2.20. The maximum atomic E-state index is 12.1. The zero-order valence-electron chi connectivity index (χ0n) is 10.8. The molecule has 108 valence electrons. The number of hydrogen-bond acceptors (Lipinski definition) is 4. The standard InChI is InChI=1S/C14H11ClN2O4/c15-9-6-11-12(21-4-3-20-11)7-10(9)17-14(19)8-1-2-16-13(18)5-8/h1-2,5-7H,3-4H2,(H,16,18)(H,17,19). The van der Waals surface area contributed by atoms with E-state index in [2.05, 4.69) is 10.3 Å². The predicted molar refractivity (Wildman–Crippen MR) is 77.5 cm³/mol. The van der Waals surface area contributed by atoms with Crippen molar-refractivity contribution in [1.82, 2.24) is 4.98 Å². The van der Waals surface area contributed by atoms with E-state index >= 15 is 0 Å². The molecule has 1 amide bonds. The van der Waals surface area contributed by atoms with Crippen molar-refractivity contribution in [3.63, 3.8) is 0 Å². The summed E-state index contributed by atoms with van der Waals surface area (Å²) in [6, 6.07) is 5.90. The zero-order chi connectivity index (χ0) is 14.8. The Morgan fingerprint density at radius 3 is 2.62 bits per heavy atom. The number of carbonyl (C=O) groups is 1. The van der Waals surface area contributed by atoms with Crippen LogP contribution in [-0.2, 0) is 0 Å². The van der Waals surface area contributed by atoms with Gasteiger partial charge in [-0.15, -0.1) is 0 Å². The molecule has 6 nitrogen and oxygen atoms in total. The van der Waals surface area contributed by atoms with Gasteiger partial charge in [-0.3, -0.25) is 9.59 Å². The van der Waals surface area contributed by atoms with E-state index in [1.54, 1.807) is 12.1 Å². The van der Waals surface area contributed by atoms with Crippen LogP contribution in [0.25, 0.3) is 0 Å². The summed E-state index contributed by atoms with van der Waals surface area (Å²) in [4.78, 5) is 25.7. The van der Waals surface area contributed by atoms with Gasteiger partial charge in [-0.25, -0.2) is 0 Å². The predicted octanol–water partition coefficient (Wildman–Crippen LogP) is 2.05. The van der Waals surface area contributed by atoms with Crippen molar-refractivity contribution in [2.24, 2.45) is 0 Å². The third-order valence-corrected chi connectivity index (χ3v) is 3.23. The monoisotopic (exact) mass is 306 g/mol. The van der Waals surface area contributed by atoms with Gasteiger partial charge < -0.3 is 19.8 Å². The molecule has 1 aromatic carbocycles. The highest BCUT2D eigenvalue weighted by Gasteiger charge is 2.17. The van der Waals surface area contributed by atoms with Gasteiger partial charge in [-0.1, -0.05) is 11.6 Å². The lowest BCUT2D eigenvalue weighted by molar-refractivity contribution is 0.102. The molecule has 0 aliphatic carbocycles. The van der Waals surface area contributed by atoms with Gasteiger partial charge in [-0.2, -0.15) is 0 Å². The normalized spacial score (nSPS) is 12.8. The number of ether oxygens (including phenoxy) is 2. The number of nitrogens with one attached hydrogen (secondary N) is 2. The number of anilines is 1. The summed E-state index contributed by atoms with van der Waals surface area (Å²) in [5.74, 6) is 0.631. The Morgan fingerprint density at radius 1 is 1.19 bits per heavy atom. The number of fused-ring (bicyclic) bond motifs is 1. The number of benzene rings is 1. The van der Waals surface area contributed by atoms with Crippen molar-refractivity contribution < 1.29 is 14.3 Å². The molecule has 2 aromatic rings. The van der Waals surface area contributed by atoms with Crippen LogP contribution in [-0.4, -0.2) is 24.1 Å². The molecule has 2 heterocycles. The Bertz CT molecular complexity index is 757. The van der Waals surface area contributed by atoms with E-state index in [4.69, 9.17) is 21.1 Å². The molecule has 1 aromatic heterocycles. The first-order chi connectivity index (χ1) is 10.1. The minimum atomic E-state index is -0.431. The highest BCUT2D eigenvalue weighted by atomic mass is 35.5. The van der Waals surface area contributed by atoms with Crippen molar-refractivity contribution in [1.29, 1.82) is 0 Å². The van der Waals surface area contributed by atoms with E-state index in [-0.39, 0.29) is 11.1 Å². The second-order valence-corrected chi connectivity index (χ2v) is 4.78. The fraction of sp³-hybridized carbons (Fsp3) is 0.143. The number of carbonyl (C=O) groups excluding carboxylic acids is 1. The maximum absolute atomic E-state index is 12.1. The number of aromatic amines is 1. The van der Waals surface area contributed by atoms with Gasteiger partial charge in [0, 0.05) is 30.0 Å². The van der Waals surface area contributed by atoms with Gasteiger partial charge >= 0.3 is 0 Å². The molecule has 0 saturated carbocycles. The Balaban J connectivity index is 1.87. The van der Waals surface area contributed by atoms with Gasteiger partial charge in [0.05, 0.1) is 10.7 Å². The second-order valence-electron chi connectivity index (χ2n) is 4.37. The van der Waals surface area contributed by atoms with Crippen LogP contribution in [0.15, 0.2) is 35.3 Å². The van der Waals surface area contributed by atoms with E-state index in [0.29, 0.717) is 35.4 Å². The summed E-state index contributed by atoms with van der Waals surface area (Å²) in [7, 11) is 0. The quantitative estimate of drug-likeness (QED) is 0.890. The Hall–Kier alpha value is -2.47. The van der Waals surface area contributed by atoms with E-state index < -0.39 is 5.91 Å². The van der Waals surface area contributed by atoms with Crippen LogP contribution < -0.4 is 20.3 Å². The number of H-pyrrole nitrogens is 1. The van der Waals surface area contributed by atoms with Crippen molar-refractivity contribution in [3.8, 4) is 11.5 Å². The molecule has 0 spiro atoms. The number of hydrogen-bond donors (Lipinski definition) is 2. The molecule has 1 aliphatic heterocycles. The van der Waals surface area contributed by atoms with Crippen molar-refractivity contribution in [2.45, 2.75) is 0 Å². The second kappa shape index (κ2) is 5.49. The fourth-order valence-corrected chi connectivity index (χ4v) is 2.14. The third-order valence-electron chi connectivity index (χ3n) is 2.92. The third kappa shape index (κ3) is 2.85. The summed E-state index contributed by atoms with van der Waals surface area (Å²) in [5.41, 5.74) is 0.284. The molecule has 0 saturated heterocycles. The van der Waals surface area contributed by atoms with E-state index in [1.165, 1.54) is 18.3 Å². The first kappa shape index (κ1) is 13.5. The Labute approximate surface area is 124 Å². The largest absolute Gasteiger partial charge is 0.486 e. The molecule has 2 N–H and O–H groups in total. The molecule has 0 fully saturated rings. The first-order valence-corrected chi connectivity index (χ1v) is 6.60. The minimum Gasteiger partial charge on any atom is -0.486 e. The summed E-state index contributed by atoms with van der Waals surface area (Å²) in [5, 5.41) is 2.98.